The van der Waals surface area contributed by atoms with Crippen molar-refractivity contribution < 1.29 is 19.5 Å². The van der Waals surface area contributed by atoms with Crippen LogP contribution < -0.4 is 11.1 Å². The van der Waals surface area contributed by atoms with Gasteiger partial charge in [-0.2, -0.15) is 0 Å². The van der Waals surface area contributed by atoms with Crippen molar-refractivity contribution in [1.82, 2.24) is 4.90 Å². The molecule has 3 amide bonds. The maximum atomic E-state index is 12.3. The first-order chi connectivity index (χ1) is 9.88. The molecule has 2 rings (SSSR count). The van der Waals surface area contributed by atoms with Gasteiger partial charge in [0.05, 0.1) is 5.92 Å². The number of hydrogen-bond donors (Lipinski definition) is 3. The molecular weight excluding hydrogens is 274 g/mol. The van der Waals surface area contributed by atoms with Gasteiger partial charge in [0, 0.05) is 24.3 Å². The standard InChI is InChI=1S/C14H17N3O4/c1-8-6-17(7-11(8)13(19)20)12(18)9-2-4-10(5-3-9)16-14(15)21/h2-5,8,11H,6-7H2,1H3,(H,19,20)(H3,15,16,21)/t8-,11-/m1/s1. The van der Waals surface area contributed by atoms with Crippen molar-refractivity contribution in [2.24, 2.45) is 17.6 Å². The third-order valence-corrected chi connectivity index (χ3v) is 3.62. The molecule has 7 heteroatoms. The van der Waals surface area contributed by atoms with Crippen LogP contribution in [0.1, 0.15) is 17.3 Å². The Kier molecular flexibility index (Phi) is 4.11. The summed E-state index contributed by atoms with van der Waals surface area (Å²) in [4.78, 5) is 35.6. The van der Waals surface area contributed by atoms with Gasteiger partial charge in [0.25, 0.3) is 5.91 Å². The van der Waals surface area contributed by atoms with Crippen LogP contribution >= 0.6 is 0 Å². The van der Waals surface area contributed by atoms with Crippen LogP contribution in [0.15, 0.2) is 24.3 Å². The second kappa shape index (κ2) is 5.82. The molecule has 0 bridgehead atoms. The first-order valence-corrected chi connectivity index (χ1v) is 6.57. The number of nitrogens with one attached hydrogen (secondary N) is 1. The summed E-state index contributed by atoms with van der Waals surface area (Å²) in [5.41, 5.74) is 5.94. The lowest BCUT2D eigenvalue weighted by Gasteiger charge is -2.16. The van der Waals surface area contributed by atoms with Crippen LogP contribution in [0.4, 0.5) is 10.5 Å². The smallest absolute Gasteiger partial charge is 0.316 e. The number of amides is 3. The van der Waals surface area contributed by atoms with Gasteiger partial charge >= 0.3 is 12.0 Å². The number of carbonyl (C=O) groups is 3. The predicted molar refractivity (Wildman–Crippen MR) is 75.8 cm³/mol. The van der Waals surface area contributed by atoms with Crippen molar-refractivity contribution in [3.05, 3.63) is 29.8 Å². The van der Waals surface area contributed by atoms with Crippen molar-refractivity contribution in [3.63, 3.8) is 0 Å². The van der Waals surface area contributed by atoms with Gasteiger partial charge in [0.2, 0.25) is 0 Å². The number of nitrogens with two attached hydrogens (primary N) is 1. The molecule has 112 valence electrons. The van der Waals surface area contributed by atoms with E-state index < -0.39 is 17.9 Å². The molecule has 1 saturated heterocycles. The summed E-state index contributed by atoms with van der Waals surface area (Å²) >= 11 is 0. The summed E-state index contributed by atoms with van der Waals surface area (Å²) in [6.07, 6.45) is 0. The number of hydrogen-bond acceptors (Lipinski definition) is 3. The Morgan fingerprint density at radius 1 is 1.24 bits per heavy atom. The van der Waals surface area contributed by atoms with Gasteiger partial charge in [-0.3, -0.25) is 9.59 Å². The molecule has 2 atom stereocenters. The number of carboxylic acids is 1. The van der Waals surface area contributed by atoms with E-state index in [1.165, 1.54) is 0 Å². The number of likely N-dealkylation sites (tertiary alicyclic amines) is 1. The average molecular weight is 291 g/mol. The summed E-state index contributed by atoms with van der Waals surface area (Å²) in [7, 11) is 0. The Labute approximate surface area is 121 Å². The minimum absolute atomic E-state index is 0.0674. The topological polar surface area (TPSA) is 113 Å². The average Bonchev–Trinajstić information content (AvgIpc) is 2.80. The molecule has 4 N–H and O–H groups in total. The maximum Gasteiger partial charge on any atom is 0.316 e. The number of primary amides is 1. The highest BCUT2D eigenvalue weighted by atomic mass is 16.4. The van der Waals surface area contributed by atoms with Crippen molar-refractivity contribution in [2.45, 2.75) is 6.92 Å². The number of rotatable bonds is 3. The maximum absolute atomic E-state index is 12.3. The van der Waals surface area contributed by atoms with Gasteiger partial charge in [0.1, 0.15) is 0 Å². The Morgan fingerprint density at radius 3 is 2.33 bits per heavy atom. The Hall–Kier alpha value is -2.57. The zero-order chi connectivity index (χ0) is 15.6. The largest absolute Gasteiger partial charge is 0.481 e. The van der Waals surface area contributed by atoms with Crippen LogP contribution in [0.25, 0.3) is 0 Å². The number of carbonyl (C=O) groups excluding carboxylic acids is 2. The van der Waals surface area contributed by atoms with Crippen molar-refractivity contribution in [3.8, 4) is 0 Å². The molecule has 0 saturated carbocycles. The summed E-state index contributed by atoms with van der Waals surface area (Å²) in [5.74, 6) is -1.68. The Morgan fingerprint density at radius 2 is 1.86 bits per heavy atom. The van der Waals surface area contributed by atoms with E-state index in [1.54, 1.807) is 29.2 Å². The first kappa shape index (κ1) is 14.8. The molecule has 21 heavy (non-hydrogen) atoms. The molecule has 1 aliphatic heterocycles. The summed E-state index contributed by atoms with van der Waals surface area (Å²) in [5, 5.41) is 11.5. The quantitative estimate of drug-likeness (QED) is 0.770. The van der Waals surface area contributed by atoms with E-state index in [4.69, 9.17) is 10.8 Å². The third-order valence-electron chi connectivity index (χ3n) is 3.62. The van der Waals surface area contributed by atoms with Crippen LogP contribution in [0.3, 0.4) is 0 Å². The fraction of sp³-hybridized carbons (Fsp3) is 0.357. The van der Waals surface area contributed by atoms with E-state index >= 15 is 0 Å². The molecule has 1 fully saturated rings. The van der Waals surface area contributed by atoms with E-state index in [-0.39, 0.29) is 18.4 Å². The second-order valence-corrected chi connectivity index (χ2v) is 5.20. The summed E-state index contributed by atoms with van der Waals surface area (Å²) in [6.45, 7) is 2.47. The van der Waals surface area contributed by atoms with Crippen molar-refractivity contribution in [1.29, 1.82) is 0 Å². The van der Waals surface area contributed by atoms with Gasteiger partial charge in [-0.1, -0.05) is 6.92 Å². The van der Waals surface area contributed by atoms with Crippen LogP contribution in [-0.4, -0.2) is 41.0 Å². The lowest BCUT2D eigenvalue weighted by atomic mass is 9.99. The van der Waals surface area contributed by atoms with E-state index in [0.29, 0.717) is 17.8 Å². The Balaban J connectivity index is 2.07. The zero-order valence-corrected chi connectivity index (χ0v) is 11.6. The van der Waals surface area contributed by atoms with Gasteiger partial charge in [-0.15, -0.1) is 0 Å². The number of aliphatic carboxylic acids is 1. The van der Waals surface area contributed by atoms with Crippen molar-refractivity contribution in [2.75, 3.05) is 18.4 Å². The molecule has 0 unspecified atom stereocenters. The molecule has 1 aliphatic rings. The normalized spacial score (nSPS) is 21.1. The van der Waals surface area contributed by atoms with Gasteiger partial charge in [0.15, 0.2) is 0 Å². The van der Waals surface area contributed by atoms with Crippen LogP contribution in [0.5, 0.6) is 0 Å². The molecule has 0 aliphatic carbocycles. The molecule has 7 nitrogen and oxygen atoms in total. The van der Waals surface area contributed by atoms with Crippen LogP contribution in [0.2, 0.25) is 0 Å². The van der Waals surface area contributed by atoms with E-state index in [0.717, 1.165) is 0 Å². The van der Waals surface area contributed by atoms with Crippen LogP contribution in [0, 0.1) is 11.8 Å². The zero-order valence-electron chi connectivity index (χ0n) is 11.6. The number of urea groups is 1. The minimum Gasteiger partial charge on any atom is -0.481 e. The molecule has 1 heterocycles. The van der Waals surface area contributed by atoms with E-state index in [9.17, 15) is 14.4 Å². The second-order valence-electron chi connectivity index (χ2n) is 5.20. The highest BCUT2D eigenvalue weighted by Crippen LogP contribution is 2.25. The van der Waals surface area contributed by atoms with E-state index in [2.05, 4.69) is 5.32 Å². The Bertz CT molecular complexity index is 570. The molecule has 0 spiro atoms. The third kappa shape index (κ3) is 3.31. The highest BCUT2D eigenvalue weighted by molar-refractivity contribution is 5.96. The molecule has 0 radical (unpaired) electrons. The number of carboxylic acid groups (broad SMARTS) is 1. The fourth-order valence-electron chi connectivity index (χ4n) is 2.48. The number of nitrogens with zero attached hydrogens (tertiary/aromatic N) is 1. The lowest BCUT2D eigenvalue weighted by molar-refractivity contribution is -0.142. The highest BCUT2D eigenvalue weighted by Gasteiger charge is 2.37. The number of anilines is 1. The van der Waals surface area contributed by atoms with E-state index in [1.807, 2.05) is 6.92 Å². The fourth-order valence-corrected chi connectivity index (χ4v) is 2.48. The predicted octanol–water partition coefficient (Wildman–Crippen LogP) is 0.970. The minimum atomic E-state index is -0.876. The van der Waals surface area contributed by atoms with Crippen LogP contribution in [-0.2, 0) is 4.79 Å². The van der Waals surface area contributed by atoms with Crippen molar-refractivity contribution >= 4 is 23.6 Å². The molecule has 0 aromatic heterocycles. The van der Waals surface area contributed by atoms with Gasteiger partial charge in [-0.05, 0) is 30.2 Å². The monoisotopic (exact) mass is 291 g/mol. The summed E-state index contributed by atoms with van der Waals surface area (Å²) < 4.78 is 0. The summed E-state index contributed by atoms with van der Waals surface area (Å²) in [6, 6.07) is 5.63. The molecule has 1 aromatic carbocycles. The van der Waals surface area contributed by atoms with Gasteiger partial charge in [-0.25, -0.2) is 4.79 Å². The SMILES string of the molecule is C[C@@H]1CN(C(=O)c2ccc(NC(N)=O)cc2)C[C@H]1C(=O)O. The first-order valence-electron chi connectivity index (χ1n) is 6.57. The molecule has 1 aromatic rings. The van der Waals surface area contributed by atoms with Gasteiger partial charge < -0.3 is 21.1 Å². The molecular formula is C14H17N3O4. The lowest BCUT2D eigenvalue weighted by Crippen LogP contribution is -2.29. The number of benzene rings is 1.